The summed E-state index contributed by atoms with van der Waals surface area (Å²) >= 11 is 0. The minimum Gasteiger partial charge on any atom is -0.445 e. The highest BCUT2D eigenvalue weighted by Gasteiger charge is 2.35. The highest BCUT2D eigenvalue weighted by atomic mass is 16.6. The molecular weight excluding hydrogens is 446 g/mol. The Morgan fingerprint density at radius 2 is 1.69 bits per heavy atom. The van der Waals surface area contributed by atoms with Gasteiger partial charge in [0.25, 0.3) is 0 Å². The van der Waals surface area contributed by atoms with Gasteiger partial charge in [-0.2, -0.15) is 0 Å². The van der Waals surface area contributed by atoms with Crippen molar-refractivity contribution in [3.05, 3.63) is 65.2 Å². The fourth-order valence-corrected chi connectivity index (χ4v) is 4.50. The number of ether oxygens (including phenoxy) is 2. The lowest BCUT2D eigenvalue weighted by Gasteiger charge is -2.40. The van der Waals surface area contributed by atoms with E-state index in [1.807, 2.05) is 69.3 Å². The van der Waals surface area contributed by atoms with E-state index in [0.29, 0.717) is 39.1 Å². The van der Waals surface area contributed by atoms with Crippen molar-refractivity contribution >= 4 is 24.2 Å². The highest BCUT2D eigenvalue weighted by molar-refractivity contribution is 5.76. The molecule has 8 nitrogen and oxygen atoms in total. The van der Waals surface area contributed by atoms with Crippen LogP contribution in [0.3, 0.4) is 0 Å². The van der Waals surface area contributed by atoms with E-state index in [-0.39, 0.29) is 12.7 Å². The number of carbonyl (C=O) groups excluding carboxylic acids is 3. The molecule has 8 heteroatoms. The fraction of sp³-hybridized carbons (Fsp3) is 0.444. The summed E-state index contributed by atoms with van der Waals surface area (Å²) in [5.41, 5.74) is 3.46. The summed E-state index contributed by atoms with van der Waals surface area (Å²) in [4.78, 5) is 42.6. The molecule has 0 N–H and O–H groups in total. The van der Waals surface area contributed by atoms with Gasteiger partial charge in [0.05, 0.1) is 12.6 Å². The van der Waals surface area contributed by atoms with Gasteiger partial charge in [0.1, 0.15) is 18.5 Å². The maximum Gasteiger partial charge on any atom is 0.411 e. The third-order valence-electron chi connectivity index (χ3n) is 6.27. The molecule has 2 aliphatic heterocycles. The van der Waals surface area contributed by atoms with Crippen molar-refractivity contribution in [2.24, 2.45) is 0 Å². The lowest BCUT2D eigenvalue weighted by Crippen LogP contribution is -2.50. The van der Waals surface area contributed by atoms with E-state index in [1.54, 1.807) is 4.90 Å². The quantitative estimate of drug-likeness (QED) is 0.617. The molecule has 4 rings (SSSR count). The average Bonchev–Trinajstić information content (AvgIpc) is 2.85. The molecule has 0 aromatic heterocycles. The SMILES string of the molecule is CC(C)(C)OC(=O)N1Cc2cccc(N3CCN(C(=O)OCc4ccccc4)CC3)c2C[C@@H]1C=O. The maximum atomic E-state index is 12.7. The molecule has 0 radical (unpaired) electrons. The van der Waals surface area contributed by atoms with E-state index in [4.69, 9.17) is 9.47 Å². The Balaban J connectivity index is 1.40. The first kappa shape index (κ1) is 24.6. The first-order valence-electron chi connectivity index (χ1n) is 12.0. The zero-order valence-corrected chi connectivity index (χ0v) is 20.6. The minimum atomic E-state index is -0.630. The van der Waals surface area contributed by atoms with Gasteiger partial charge in [-0.15, -0.1) is 0 Å². The second kappa shape index (κ2) is 10.4. The largest absolute Gasteiger partial charge is 0.445 e. The summed E-state index contributed by atoms with van der Waals surface area (Å²) < 4.78 is 11.0. The maximum absolute atomic E-state index is 12.7. The second-order valence-corrected chi connectivity index (χ2v) is 9.94. The zero-order chi connectivity index (χ0) is 25.0. The molecule has 1 fully saturated rings. The third-order valence-corrected chi connectivity index (χ3v) is 6.27. The van der Waals surface area contributed by atoms with Crippen molar-refractivity contribution in [3.63, 3.8) is 0 Å². The molecule has 0 unspecified atom stereocenters. The molecule has 1 saturated heterocycles. The number of hydrogen-bond donors (Lipinski definition) is 0. The van der Waals surface area contributed by atoms with Gasteiger partial charge in [-0.3, -0.25) is 4.90 Å². The van der Waals surface area contributed by atoms with E-state index < -0.39 is 17.7 Å². The number of benzene rings is 2. The van der Waals surface area contributed by atoms with Crippen LogP contribution in [0.2, 0.25) is 0 Å². The van der Waals surface area contributed by atoms with E-state index in [9.17, 15) is 14.4 Å². The van der Waals surface area contributed by atoms with Gasteiger partial charge in [-0.1, -0.05) is 42.5 Å². The monoisotopic (exact) mass is 479 g/mol. The first-order chi connectivity index (χ1) is 16.7. The lowest BCUT2D eigenvalue weighted by molar-refractivity contribution is -0.113. The number of carbonyl (C=O) groups is 3. The molecule has 186 valence electrons. The third kappa shape index (κ3) is 5.93. The molecule has 2 heterocycles. The van der Waals surface area contributed by atoms with Crippen LogP contribution in [0.15, 0.2) is 48.5 Å². The summed E-state index contributed by atoms with van der Waals surface area (Å²) in [6.45, 7) is 8.46. The molecule has 1 atom stereocenters. The Morgan fingerprint density at radius 1 is 0.971 bits per heavy atom. The first-order valence-corrected chi connectivity index (χ1v) is 12.0. The summed E-state index contributed by atoms with van der Waals surface area (Å²) in [5.74, 6) is 0. The van der Waals surface area contributed by atoms with Crippen LogP contribution in [0.4, 0.5) is 15.3 Å². The lowest BCUT2D eigenvalue weighted by atomic mass is 9.92. The number of hydrogen-bond acceptors (Lipinski definition) is 6. The summed E-state index contributed by atoms with van der Waals surface area (Å²) in [5, 5.41) is 0. The number of fused-ring (bicyclic) bond motifs is 1. The summed E-state index contributed by atoms with van der Waals surface area (Å²) in [7, 11) is 0. The predicted molar refractivity (Wildman–Crippen MR) is 132 cm³/mol. The van der Waals surface area contributed by atoms with Gasteiger partial charge in [-0.05, 0) is 43.5 Å². The Labute approximate surface area is 206 Å². The number of amides is 2. The molecule has 2 aliphatic rings. The Hall–Kier alpha value is -3.55. The minimum absolute atomic E-state index is 0.257. The molecule has 0 saturated carbocycles. The zero-order valence-electron chi connectivity index (χ0n) is 20.6. The van der Waals surface area contributed by atoms with Crippen molar-refractivity contribution < 1.29 is 23.9 Å². The van der Waals surface area contributed by atoms with Crippen molar-refractivity contribution in [3.8, 4) is 0 Å². The molecule has 0 aliphatic carbocycles. The fourth-order valence-electron chi connectivity index (χ4n) is 4.50. The standard InChI is InChI=1S/C27H33N3O5/c1-27(2,3)35-26(33)30-17-21-10-7-11-24(23(21)16-22(30)18-31)28-12-14-29(15-13-28)25(32)34-19-20-8-5-4-6-9-20/h4-11,18,22H,12-17,19H2,1-3H3/t22-/m1/s1. The van der Waals surface area contributed by atoms with Crippen LogP contribution in [-0.2, 0) is 33.8 Å². The molecular formula is C27H33N3O5. The molecule has 35 heavy (non-hydrogen) atoms. The van der Waals surface area contributed by atoms with Crippen molar-refractivity contribution in [1.29, 1.82) is 0 Å². The van der Waals surface area contributed by atoms with Gasteiger partial charge in [0.2, 0.25) is 0 Å². The normalized spacial score (nSPS) is 18.0. The van der Waals surface area contributed by atoms with Crippen LogP contribution in [0.5, 0.6) is 0 Å². The Morgan fingerprint density at radius 3 is 2.34 bits per heavy atom. The smallest absolute Gasteiger partial charge is 0.411 e. The van der Waals surface area contributed by atoms with Gasteiger partial charge in [0.15, 0.2) is 0 Å². The molecule has 2 amide bonds. The Kier molecular flexibility index (Phi) is 7.28. The van der Waals surface area contributed by atoms with Gasteiger partial charge in [0, 0.05) is 38.3 Å². The summed E-state index contributed by atoms with van der Waals surface area (Å²) in [6, 6.07) is 15.1. The van der Waals surface area contributed by atoms with Crippen LogP contribution in [0, 0.1) is 0 Å². The number of anilines is 1. The number of piperazine rings is 1. The van der Waals surface area contributed by atoms with Crippen molar-refractivity contribution in [1.82, 2.24) is 9.80 Å². The van der Waals surface area contributed by atoms with E-state index >= 15 is 0 Å². The van der Waals surface area contributed by atoms with E-state index in [0.717, 1.165) is 28.7 Å². The molecule has 2 aromatic carbocycles. The van der Waals surface area contributed by atoms with Gasteiger partial charge in [-0.25, -0.2) is 9.59 Å². The predicted octanol–water partition coefficient (Wildman–Crippen LogP) is 4.01. The molecule has 0 spiro atoms. The second-order valence-electron chi connectivity index (χ2n) is 9.94. The molecule has 2 aromatic rings. The molecule has 0 bridgehead atoms. The van der Waals surface area contributed by atoms with Crippen LogP contribution >= 0.6 is 0 Å². The van der Waals surface area contributed by atoms with Crippen LogP contribution in [0.25, 0.3) is 0 Å². The van der Waals surface area contributed by atoms with Crippen LogP contribution < -0.4 is 4.90 Å². The van der Waals surface area contributed by atoms with Crippen LogP contribution in [-0.4, -0.2) is 66.1 Å². The van der Waals surface area contributed by atoms with Gasteiger partial charge >= 0.3 is 12.2 Å². The van der Waals surface area contributed by atoms with Gasteiger partial charge < -0.3 is 24.1 Å². The Bertz CT molecular complexity index is 1060. The number of rotatable bonds is 4. The topological polar surface area (TPSA) is 79.4 Å². The van der Waals surface area contributed by atoms with E-state index in [1.165, 1.54) is 4.90 Å². The van der Waals surface area contributed by atoms with Crippen LogP contribution in [0.1, 0.15) is 37.5 Å². The summed E-state index contributed by atoms with van der Waals surface area (Å²) in [6.07, 6.45) is 0.476. The average molecular weight is 480 g/mol. The highest BCUT2D eigenvalue weighted by Crippen LogP contribution is 2.32. The van der Waals surface area contributed by atoms with E-state index in [2.05, 4.69) is 4.90 Å². The van der Waals surface area contributed by atoms with Crippen molar-refractivity contribution in [2.75, 3.05) is 31.1 Å². The number of nitrogens with zero attached hydrogens (tertiary/aromatic N) is 3. The number of aldehydes is 1. The van der Waals surface area contributed by atoms with Crippen molar-refractivity contribution in [2.45, 2.75) is 52.0 Å².